The molecule has 0 aromatic heterocycles. The average molecular weight is 384 g/mol. The zero-order chi connectivity index (χ0) is 19.3. The second-order valence-corrected chi connectivity index (χ2v) is 8.67. The van der Waals surface area contributed by atoms with Crippen LogP contribution in [0.2, 0.25) is 0 Å². The van der Waals surface area contributed by atoms with Crippen molar-refractivity contribution in [2.75, 3.05) is 33.1 Å². The number of benzene rings is 1. The Morgan fingerprint density at radius 3 is 2.46 bits per heavy atom. The molecule has 1 aliphatic rings. The van der Waals surface area contributed by atoms with Crippen LogP contribution in [-0.2, 0) is 14.8 Å². The molecule has 1 unspecified atom stereocenters. The van der Waals surface area contributed by atoms with Gasteiger partial charge >= 0.3 is 0 Å². The van der Waals surface area contributed by atoms with Gasteiger partial charge in [-0.2, -0.15) is 0 Å². The minimum absolute atomic E-state index is 0.0519. The summed E-state index contributed by atoms with van der Waals surface area (Å²) in [6.07, 6.45) is 1.08. The maximum absolute atomic E-state index is 12.6. The van der Waals surface area contributed by atoms with Gasteiger partial charge in [-0.3, -0.25) is 4.79 Å². The molecule has 1 atom stereocenters. The number of piperidine rings is 1. The third kappa shape index (κ3) is 4.67. The molecule has 1 fully saturated rings. The van der Waals surface area contributed by atoms with E-state index >= 15 is 0 Å². The van der Waals surface area contributed by atoms with E-state index in [9.17, 15) is 13.2 Å². The minimum atomic E-state index is -3.18. The van der Waals surface area contributed by atoms with Crippen LogP contribution in [0.4, 0.5) is 0 Å². The lowest BCUT2D eigenvalue weighted by atomic mass is 9.96. The van der Waals surface area contributed by atoms with Gasteiger partial charge in [-0.1, -0.05) is 0 Å². The largest absolute Gasteiger partial charge is 0.497 e. The molecule has 0 saturated carbocycles. The zero-order valence-electron chi connectivity index (χ0n) is 15.8. The second-order valence-electron chi connectivity index (χ2n) is 6.41. The predicted molar refractivity (Wildman–Crippen MR) is 99.9 cm³/mol. The van der Waals surface area contributed by atoms with Gasteiger partial charge in [0.05, 0.1) is 26.0 Å². The van der Waals surface area contributed by atoms with E-state index < -0.39 is 10.0 Å². The number of hydrogen-bond acceptors (Lipinski definition) is 5. The lowest BCUT2D eigenvalue weighted by Gasteiger charge is -2.31. The summed E-state index contributed by atoms with van der Waals surface area (Å²) in [6.45, 7) is 4.33. The smallest absolute Gasteiger partial charge is 0.223 e. The van der Waals surface area contributed by atoms with E-state index in [0.717, 1.165) is 5.56 Å². The third-order valence-electron chi connectivity index (χ3n) is 4.85. The van der Waals surface area contributed by atoms with Crippen molar-refractivity contribution in [2.24, 2.45) is 5.92 Å². The Labute approximate surface area is 155 Å². The van der Waals surface area contributed by atoms with Crippen molar-refractivity contribution < 1.29 is 22.7 Å². The number of carbonyl (C=O) groups is 1. The van der Waals surface area contributed by atoms with Gasteiger partial charge < -0.3 is 14.8 Å². The first-order valence-corrected chi connectivity index (χ1v) is 10.4. The van der Waals surface area contributed by atoms with Crippen molar-refractivity contribution in [1.29, 1.82) is 0 Å². The Morgan fingerprint density at radius 1 is 1.27 bits per heavy atom. The maximum atomic E-state index is 12.6. The Kier molecular flexibility index (Phi) is 6.88. The maximum Gasteiger partial charge on any atom is 0.223 e. The van der Waals surface area contributed by atoms with Gasteiger partial charge in [0.2, 0.25) is 15.9 Å². The molecule has 7 nitrogen and oxygen atoms in total. The first kappa shape index (κ1) is 20.5. The number of nitrogens with one attached hydrogen (secondary N) is 1. The van der Waals surface area contributed by atoms with Gasteiger partial charge in [0.25, 0.3) is 0 Å². The molecule has 0 aliphatic carbocycles. The molecule has 1 heterocycles. The quantitative estimate of drug-likeness (QED) is 0.777. The fourth-order valence-electron chi connectivity index (χ4n) is 3.16. The highest BCUT2D eigenvalue weighted by atomic mass is 32.2. The molecule has 0 spiro atoms. The molecule has 146 valence electrons. The van der Waals surface area contributed by atoms with E-state index in [1.807, 2.05) is 19.1 Å². The van der Waals surface area contributed by atoms with Crippen molar-refractivity contribution in [3.8, 4) is 11.5 Å². The predicted octanol–water partition coefficient (Wildman–Crippen LogP) is 1.94. The van der Waals surface area contributed by atoms with Crippen LogP contribution < -0.4 is 14.8 Å². The summed E-state index contributed by atoms with van der Waals surface area (Å²) in [5.41, 5.74) is 0.868. The van der Waals surface area contributed by atoms with Crippen LogP contribution in [0.25, 0.3) is 0 Å². The topological polar surface area (TPSA) is 84.9 Å². The van der Waals surface area contributed by atoms with Crippen molar-refractivity contribution in [1.82, 2.24) is 9.62 Å². The summed E-state index contributed by atoms with van der Waals surface area (Å²) in [6, 6.07) is 5.26. The lowest BCUT2D eigenvalue weighted by molar-refractivity contribution is -0.126. The van der Waals surface area contributed by atoms with Gasteiger partial charge in [-0.15, -0.1) is 0 Å². The molecule has 1 aromatic rings. The molecular weight excluding hydrogens is 356 g/mol. The summed E-state index contributed by atoms with van der Waals surface area (Å²) in [5.74, 6) is 1.21. The fraction of sp³-hybridized carbons (Fsp3) is 0.611. The molecule has 1 aromatic carbocycles. The molecule has 8 heteroatoms. The number of amides is 1. The van der Waals surface area contributed by atoms with E-state index in [1.165, 1.54) is 4.31 Å². The third-order valence-corrected chi connectivity index (χ3v) is 6.73. The first-order valence-electron chi connectivity index (χ1n) is 8.82. The first-order chi connectivity index (χ1) is 12.3. The Hall–Kier alpha value is -1.80. The summed E-state index contributed by atoms with van der Waals surface area (Å²) >= 11 is 0. The molecule has 2 rings (SSSR count). The van der Waals surface area contributed by atoms with E-state index in [2.05, 4.69) is 5.32 Å². The summed E-state index contributed by atoms with van der Waals surface area (Å²) in [7, 11) is -0.0107. The van der Waals surface area contributed by atoms with E-state index in [0.29, 0.717) is 37.4 Å². The highest BCUT2D eigenvalue weighted by molar-refractivity contribution is 7.89. The van der Waals surface area contributed by atoms with E-state index in [-0.39, 0.29) is 23.6 Å². The summed E-state index contributed by atoms with van der Waals surface area (Å²) in [5, 5.41) is 3.02. The molecule has 1 saturated heterocycles. The minimum Gasteiger partial charge on any atom is -0.497 e. The molecule has 26 heavy (non-hydrogen) atoms. The van der Waals surface area contributed by atoms with Crippen LogP contribution in [0.15, 0.2) is 18.2 Å². The Balaban J connectivity index is 1.98. The van der Waals surface area contributed by atoms with Crippen LogP contribution in [0.5, 0.6) is 11.5 Å². The number of ether oxygens (including phenoxy) is 2. The van der Waals surface area contributed by atoms with Crippen molar-refractivity contribution in [2.45, 2.75) is 32.7 Å². The molecule has 0 radical (unpaired) electrons. The number of carbonyl (C=O) groups excluding carboxylic acids is 1. The fourth-order valence-corrected chi connectivity index (χ4v) is 4.30. The van der Waals surface area contributed by atoms with Crippen molar-refractivity contribution in [3.63, 3.8) is 0 Å². The van der Waals surface area contributed by atoms with Crippen LogP contribution in [0.3, 0.4) is 0 Å². The number of sulfonamides is 1. The second kappa shape index (κ2) is 8.73. The standard InChI is InChI=1S/C18H28N2O5S/c1-5-26(22,23)20-10-8-14(9-11-20)18(21)19-13(2)16-7-6-15(24-3)12-17(16)25-4/h6-7,12-14H,5,8-11H2,1-4H3,(H,19,21). The number of nitrogens with zero attached hydrogens (tertiary/aromatic N) is 1. The van der Waals surface area contributed by atoms with Gasteiger partial charge in [-0.25, -0.2) is 12.7 Å². The zero-order valence-corrected chi connectivity index (χ0v) is 16.6. The van der Waals surface area contributed by atoms with E-state index in [4.69, 9.17) is 9.47 Å². The Morgan fingerprint density at radius 2 is 1.92 bits per heavy atom. The highest BCUT2D eigenvalue weighted by Crippen LogP contribution is 2.30. The average Bonchev–Trinajstić information content (AvgIpc) is 2.67. The molecule has 0 bridgehead atoms. The lowest BCUT2D eigenvalue weighted by Crippen LogP contribution is -2.43. The number of hydrogen-bond donors (Lipinski definition) is 1. The van der Waals surface area contributed by atoms with Crippen molar-refractivity contribution in [3.05, 3.63) is 23.8 Å². The van der Waals surface area contributed by atoms with Crippen LogP contribution in [0, 0.1) is 5.92 Å². The number of methoxy groups -OCH3 is 2. The van der Waals surface area contributed by atoms with Crippen LogP contribution >= 0.6 is 0 Å². The van der Waals surface area contributed by atoms with Crippen LogP contribution in [0.1, 0.15) is 38.3 Å². The van der Waals surface area contributed by atoms with Gasteiger partial charge in [0.1, 0.15) is 11.5 Å². The van der Waals surface area contributed by atoms with Crippen LogP contribution in [-0.4, -0.2) is 51.7 Å². The monoisotopic (exact) mass is 384 g/mol. The Bertz CT molecular complexity index is 727. The van der Waals surface area contributed by atoms with Gasteiger partial charge in [0, 0.05) is 30.6 Å². The van der Waals surface area contributed by atoms with Gasteiger partial charge in [0.15, 0.2) is 0 Å². The normalized spacial score (nSPS) is 17.5. The highest BCUT2D eigenvalue weighted by Gasteiger charge is 2.30. The molecule has 1 amide bonds. The molecule has 1 N–H and O–H groups in total. The SMILES string of the molecule is CCS(=O)(=O)N1CCC(C(=O)NC(C)c2ccc(OC)cc2OC)CC1. The molecular formula is C18H28N2O5S. The summed E-state index contributed by atoms with van der Waals surface area (Å²) < 4.78 is 35.9. The van der Waals surface area contributed by atoms with Crippen molar-refractivity contribution >= 4 is 15.9 Å². The number of rotatable bonds is 7. The van der Waals surface area contributed by atoms with E-state index in [1.54, 1.807) is 27.2 Å². The molecule has 1 aliphatic heterocycles. The van der Waals surface area contributed by atoms with Gasteiger partial charge in [-0.05, 0) is 38.8 Å². The summed E-state index contributed by atoms with van der Waals surface area (Å²) in [4.78, 5) is 12.6.